The molecule has 2 aliphatic rings. The number of anilines is 1. The number of piperidine rings is 1. The summed E-state index contributed by atoms with van der Waals surface area (Å²) in [6, 6.07) is 7.45. The Morgan fingerprint density at radius 2 is 1.63 bits per heavy atom. The molecule has 0 spiro atoms. The van der Waals surface area contributed by atoms with Crippen molar-refractivity contribution in [2.45, 2.75) is 18.8 Å². The van der Waals surface area contributed by atoms with Crippen LogP contribution >= 0.6 is 0 Å². The first-order valence-electron chi connectivity index (χ1n) is 6.55. The van der Waals surface area contributed by atoms with Gasteiger partial charge in [-0.3, -0.25) is 4.79 Å². The second kappa shape index (κ2) is 4.92. The maximum absolute atomic E-state index is 11.2. The predicted octanol–water partition coefficient (Wildman–Crippen LogP) is 1.01. The summed E-state index contributed by atoms with van der Waals surface area (Å²) in [6.45, 7) is 2.31. The first-order valence-corrected chi connectivity index (χ1v) is 6.55. The minimum Gasteiger partial charge on any atom is -0.371 e. The molecule has 2 saturated heterocycles. The van der Waals surface area contributed by atoms with Crippen LogP contribution in [0.1, 0.15) is 18.4 Å². The SMILES string of the molecule is O=C1CCN(c2ccc(C3(O)OCCO3)cc2)CC1. The molecule has 1 aromatic rings. The van der Waals surface area contributed by atoms with Gasteiger partial charge in [-0.05, 0) is 24.3 Å². The summed E-state index contributed by atoms with van der Waals surface area (Å²) in [7, 11) is 0. The van der Waals surface area contributed by atoms with Crippen molar-refractivity contribution in [3.05, 3.63) is 29.8 Å². The normalized spacial score (nSPS) is 22.8. The zero-order chi connectivity index (χ0) is 13.3. The highest BCUT2D eigenvalue weighted by molar-refractivity contribution is 5.81. The molecule has 1 N–H and O–H groups in total. The van der Waals surface area contributed by atoms with Gasteiger partial charge < -0.3 is 19.5 Å². The molecular weight excluding hydrogens is 246 g/mol. The van der Waals surface area contributed by atoms with Crippen molar-refractivity contribution < 1.29 is 19.4 Å². The number of benzene rings is 1. The van der Waals surface area contributed by atoms with Crippen LogP contribution in [-0.4, -0.2) is 37.2 Å². The Balaban J connectivity index is 1.73. The van der Waals surface area contributed by atoms with Gasteiger partial charge in [-0.1, -0.05) is 0 Å². The summed E-state index contributed by atoms with van der Waals surface area (Å²) in [5, 5.41) is 10.1. The molecule has 2 fully saturated rings. The monoisotopic (exact) mass is 263 g/mol. The molecule has 0 aliphatic carbocycles. The Morgan fingerprint density at radius 1 is 1.05 bits per heavy atom. The van der Waals surface area contributed by atoms with E-state index in [1.807, 2.05) is 12.1 Å². The average molecular weight is 263 g/mol. The molecule has 0 saturated carbocycles. The summed E-state index contributed by atoms with van der Waals surface area (Å²) in [4.78, 5) is 13.4. The summed E-state index contributed by atoms with van der Waals surface area (Å²) in [6.07, 6.45) is 1.22. The molecule has 2 heterocycles. The van der Waals surface area contributed by atoms with Crippen molar-refractivity contribution in [3.8, 4) is 0 Å². The number of carbonyl (C=O) groups excluding carboxylic acids is 1. The van der Waals surface area contributed by atoms with Gasteiger partial charge in [0.25, 0.3) is 0 Å². The van der Waals surface area contributed by atoms with Gasteiger partial charge in [0, 0.05) is 37.2 Å². The van der Waals surface area contributed by atoms with Crippen LogP contribution < -0.4 is 4.90 Å². The smallest absolute Gasteiger partial charge is 0.309 e. The Hall–Kier alpha value is -1.43. The number of ketones is 1. The number of ether oxygens (including phenoxy) is 2. The van der Waals surface area contributed by atoms with E-state index in [1.54, 1.807) is 12.1 Å². The topological polar surface area (TPSA) is 59.0 Å². The highest BCUT2D eigenvalue weighted by Crippen LogP contribution is 2.30. The quantitative estimate of drug-likeness (QED) is 0.862. The lowest BCUT2D eigenvalue weighted by atomic mass is 10.1. The van der Waals surface area contributed by atoms with Crippen LogP contribution in [0.25, 0.3) is 0 Å². The fourth-order valence-electron chi connectivity index (χ4n) is 2.47. The van der Waals surface area contributed by atoms with Gasteiger partial charge in [0.1, 0.15) is 5.78 Å². The highest BCUT2D eigenvalue weighted by atomic mass is 16.8. The summed E-state index contributed by atoms with van der Waals surface area (Å²) in [5.41, 5.74) is 1.65. The number of nitrogens with zero attached hydrogens (tertiary/aromatic N) is 1. The van der Waals surface area contributed by atoms with Crippen LogP contribution in [0.4, 0.5) is 5.69 Å². The lowest BCUT2D eigenvalue weighted by Crippen LogP contribution is -2.33. The van der Waals surface area contributed by atoms with Crippen LogP contribution in [0.5, 0.6) is 0 Å². The van der Waals surface area contributed by atoms with Crippen molar-refractivity contribution in [3.63, 3.8) is 0 Å². The van der Waals surface area contributed by atoms with E-state index in [2.05, 4.69) is 4.90 Å². The third-order valence-corrected chi connectivity index (χ3v) is 3.60. The summed E-state index contributed by atoms with van der Waals surface area (Å²) >= 11 is 0. The van der Waals surface area contributed by atoms with Crippen LogP contribution in [0.15, 0.2) is 24.3 Å². The number of hydrogen-bond acceptors (Lipinski definition) is 5. The number of hydrogen-bond donors (Lipinski definition) is 1. The summed E-state index contributed by atoms with van der Waals surface area (Å²) < 4.78 is 10.4. The second-order valence-electron chi connectivity index (χ2n) is 4.85. The molecule has 5 heteroatoms. The fraction of sp³-hybridized carbons (Fsp3) is 0.500. The van der Waals surface area contributed by atoms with E-state index >= 15 is 0 Å². The van der Waals surface area contributed by atoms with Crippen LogP contribution in [0.3, 0.4) is 0 Å². The van der Waals surface area contributed by atoms with Gasteiger partial charge in [-0.2, -0.15) is 0 Å². The molecule has 0 amide bonds. The third-order valence-electron chi connectivity index (χ3n) is 3.60. The van der Waals surface area contributed by atoms with Crippen molar-refractivity contribution in [2.24, 2.45) is 0 Å². The van der Waals surface area contributed by atoms with Crippen LogP contribution in [-0.2, 0) is 20.2 Å². The van der Waals surface area contributed by atoms with Gasteiger partial charge in [0.15, 0.2) is 0 Å². The fourth-order valence-corrected chi connectivity index (χ4v) is 2.47. The van der Waals surface area contributed by atoms with Crippen LogP contribution in [0, 0.1) is 0 Å². The molecule has 0 bridgehead atoms. The molecule has 3 rings (SSSR count). The minimum atomic E-state index is -1.60. The van der Waals surface area contributed by atoms with Crippen molar-refractivity contribution in [2.75, 3.05) is 31.2 Å². The lowest BCUT2D eigenvalue weighted by molar-refractivity contribution is -0.317. The summed E-state index contributed by atoms with van der Waals surface area (Å²) in [5.74, 6) is -1.27. The molecule has 0 atom stereocenters. The zero-order valence-corrected chi connectivity index (χ0v) is 10.7. The van der Waals surface area contributed by atoms with Gasteiger partial charge >= 0.3 is 5.97 Å². The maximum atomic E-state index is 11.2. The van der Waals surface area contributed by atoms with Gasteiger partial charge in [-0.15, -0.1) is 0 Å². The van der Waals surface area contributed by atoms with E-state index in [4.69, 9.17) is 9.47 Å². The zero-order valence-electron chi connectivity index (χ0n) is 10.7. The van der Waals surface area contributed by atoms with Crippen LogP contribution in [0.2, 0.25) is 0 Å². The number of carbonyl (C=O) groups is 1. The van der Waals surface area contributed by atoms with E-state index in [0.29, 0.717) is 37.4 Å². The average Bonchev–Trinajstić information content (AvgIpc) is 2.88. The Kier molecular flexibility index (Phi) is 3.26. The van der Waals surface area contributed by atoms with E-state index in [9.17, 15) is 9.90 Å². The van der Waals surface area contributed by atoms with Gasteiger partial charge in [0.2, 0.25) is 0 Å². The van der Waals surface area contributed by atoms with Crippen molar-refractivity contribution in [1.29, 1.82) is 0 Å². The lowest BCUT2D eigenvalue weighted by Gasteiger charge is -2.29. The molecule has 5 nitrogen and oxygen atoms in total. The largest absolute Gasteiger partial charge is 0.371 e. The molecule has 2 aliphatic heterocycles. The molecule has 102 valence electrons. The van der Waals surface area contributed by atoms with Gasteiger partial charge in [-0.25, -0.2) is 0 Å². The minimum absolute atomic E-state index is 0.329. The van der Waals surface area contributed by atoms with E-state index in [-0.39, 0.29) is 0 Å². The van der Waals surface area contributed by atoms with E-state index in [1.165, 1.54) is 0 Å². The highest BCUT2D eigenvalue weighted by Gasteiger charge is 2.36. The molecule has 0 radical (unpaired) electrons. The third kappa shape index (κ3) is 2.49. The number of Topliss-reactive ketones (excluding diaryl/α,β-unsaturated/α-hetero) is 1. The first kappa shape index (κ1) is 12.6. The number of rotatable bonds is 2. The molecule has 0 unspecified atom stereocenters. The molecule has 19 heavy (non-hydrogen) atoms. The van der Waals surface area contributed by atoms with E-state index < -0.39 is 5.97 Å². The first-order chi connectivity index (χ1) is 9.17. The Labute approximate surface area is 111 Å². The molecule has 1 aromatic carbocycles. The maximum Gasteiger partial charge on any atom is 0.309 e. The Bertz CT molecular complexity index is 455. The second-order valence-corrected chi connectivity index (χ2v) is 4.85. The number of aliphatic hydroxyl groups is 1. The molecular formula is C14H17NO4. The Morgan fingerprint density at radius 3 is 2.21 bits per heavy atom. The van der Waals surface area contributed by atoms with Gasteiger partial charge in [0.05, 0.1) is 13.2 Å². The van der Waals surface area contributed by atoms with E-state index in [0.717, 1.165) is 18.8 Å². The molecule has 0 aromatic heterocycles. The standard InChI is InChI=1S/C14H17NO4/c16-13-5-7-15(8-6-13)12-3-1-11(2-4-12)14(17)18-9-10-19-14/h1-4,17H,5-10H2. The van der Waals surface area contributed by atoms with Crippen molar-refractivity contribution in [1.82, 2.24) is 0 Å². The van der Waals surface area contributed by atoms with Crippen molar-refractivity contribution >= 4 is 11.5 Å². The predicted molar refractivity (Wildman–Crippen MR) is 68.7 cm³/mol.